The first-order chi connectivity index (χ1) is 12.6. The molecule has 7 nitrogen and oxygen atoms in total. The van der Waals surface area contributed by atoms with Crippen molar-refractivity contribution in [1.82, 2.24) is 14.5 Å². The lowest BCUT2D eigenvalue weighted by Gasteiger charge is -2.24. The minimum absolute atomic E-state index is 0.402. The molecule has 3 aromatic rings. The molecule has 0 spiro atoms. The highest BCUT2D eigenvalue weighted by Gasteiger charge is 2.38. The Morgan fingerprint density at radius 3 is 2.92 bits per heavy atom. The van der Waals surface area contributed by atoms with Gasteiger partial charge < -0.3 is 20.8 Å². The maximum Gasteiger partial charge on any atom is 0.261 e. The second-order valence-corrected chi connectivity index (χ2v) is 6.66. The smallest absolute Gasteiger partial charge is 0.261 e. The summed E-state index contributed by atoms with van der Waals surface area (Å²) >= 11 is 0. The molecule has 3 heterocycles. The normalized spacial score (nSPS) is 19.2. The number of ether oxygens (including phenoxy) is 1. The van der Waals surface area contributed by atoms with E-state index in [4.69, 9.17) is 16.2 Å². The van der Waals surface area contributed by atoms with E-state index in [0.717, 1.165) is 41.3 Å². The van der Waals surface area contributed by atoms with Crippen LogP contribution in [0.15, 0.2) is 42.9 Å². The topological polar surface area (TPSA) is 109 Å². The van der Waals surface area contributed by atoms with Crippen molar-refractivity contribution in [2.24, 2.45) is 5.73 Å². The monoisotopic (exact) mass is 351 g/mol. The van der Waals surface area contributed by atoms with Crippen LogP contribution in [0, 0.1) is 0 Å². The fraction of sp³-hybridized carbons (Fsp3) is 0.316. The van der Waals surface area contributed by atoms with Crippen molar-refractivity contribution in [3.8, 4) is 0 Å². The number of hydrogen-bond donors (Lipinski definition) is 2. The number of carbonyl (C=O) groups excluding carboxylic acids is 1. The zero-order chi connectivity index (χ0) is 18.1. The number of benzene rings is 1. The number of primary amides is 1. The molecule has 0 bridgehead atoms. The molecule has 0 radical (unpaired) electrons. The van der Waals surface area contributed by atoms with E-state index in [2.05, 4.69) is 14.5 Å². The van der Waals surface area contributed by atoms with Gasteiger partial charge in [-0.15, -0.1) is 0 Å². The molecular formula is C19H21N5O2. The predicted molar refractivity (Wildman–Crippen MR) is 100 cm³/mol. The number of nitrogens with zero attached hydrogens (tertiary/aromatic N) is 3. The summed E-state index contributed by atoms with van der Waals surface area (Å²) in [6, 6.07) is 7.91. The molecule has 0 saturated heterocycles. The lowest BCUT2D eigenvalue weighted by atomic mass is 9.93. The molecule has 1 aromatic carbocycles. The molecule has 4 rings (SSSR count). The average Bonchev–Trinajstić information content (AvgIpc) is 3.27. The standard InChI is InChI=1S/C19H21N5O2/c20-17-15-16(13-6-1-2-7-14(13)23-17)24(12-22-15)10-4-3-8-19(18(21)25)9-5-11-26-19/h1-2,5-7,11-12H,3-4,8-10H2,(H2,20,23)(H2,21,25). The van der Waals surface area contributed by atoms with E-state index in [-0.39, 0.29) is 0 Å². The Morgan fingerprint density at radius 2 is 2.15 bits per heavy atom. The maximum atomic E-state index is 11.7. The summed E-state index contributed by atoms with van der Waals surface area (Å²) < 4.78 is 7.58. The highest BCUT2D eigenvalue weighted by molar-refractivity contribution is 6.06. The van der Waals surface area contributed by atoms with Crippen LogP contribution in [-0.4, -0.2) is 26.0 Å². The molecule has 0 fully saturated rings. The molecule has 26 heavy (non-hydrogen) atoms. The third-order valence-electron chi connectivity index (χ3n) is 5.00. The van der Waals surface area contributed by atoms with Gasteiger partial charge in [0.1, 0.15) is 5.52 Å². The number of nitrogen functional groups attached to an aromatic ring is 1. The zero-order valence-electron chi connectivity index (χ0n) is 14.4. The number of para-hydroxylation sites is 1. The number of aryl methyl sites for hydroxylation is 1. The number of fused-ring (bicyclic) bond motifs is 3. The van der Waals surface area contributed by atoms with Gasteiger partial charge in [0.2, 0.25) is 0 Å². The van der Waals surface area contributed by atoms with Crippen molar-refractivity contribution in [2.75, 3.05) is 5.73 Å². The van der Waals surface area contributed by atoms with Crippen molar-refractivity contribution in [2.45, 2.75) is 37.8 Å². The van der Waals surface area contributed by atoms with E-state index in [9.17, 15) is 4.79 Å². The summed E-state index contributed by atoms with van der Waals surface area (Å²) in [5.41, 5.74) is 13.3. The number of nitrogens with two attached hydrogens (primary N) is 2. The number of anilines is 1. The summed E-state index contributed by atoms with van der Waals surface area (Å²) in [7, 11) is 0. The number of pyridine rings is 1. The van der Waals surface area contributed by atoms with Gasteiger partial charge in [0.15, 0.2) is 11.4 Å². The molecule has 4 N–H and O–H groups in total. The van der Waals surface area contributed by atoms with E-state index < -0.39 is 11.5 Å². The van der Waals surface area contributed by atoms with E-state index in [1.807, 2.05) is 30.3 Å². The first-order valence-electron chi connectivity index (χ1n) is 8.72. The fourth-order valence-electron chi connectivity index (χ4n) is 3.58. The van der Waals surface area contributed by atoms with Gasteiger partial charge in [0.05, 0.1) is 23.6 Å². The summed E-state index contributed by atoms with van der Waals surface area (Å²) in [5.74, 6) is 0.0379. The number of carbonyl (C=O) groups is 1. The summed E-state index contributed by atoms with van der Waals surface area (Å²) in [6.07, 6.45) is 8.05. The van der Waals surface area contributed by atoms with Crippen LogP contribution in [-0.2, 0) is 16.1 Å². The van der Waals surface area contributed by atoms with Crippen LogP contribution in [0.3, 0.4) is 0 Å². The molecule has 2 aromatic heterocycles. The van der Waals surface area contributed by atoms with Crippen molar-refractivity contribution >= 4 is 33.7 Å². The molecule has 1 unspecified atom stereocenters. The van der Waals surface area contributed by atoms with Crippen molar-refractivity contribution < 1.29 is 9.53 Å². The van der Waals surface area contributed by atoms with Gasteiger partial charge >= 0.3 is 0 Å². The molecule has 1 aliphatic heterocycles. The molecule has 134 valence electrons. The first-order valence-corrected chi connectivity index (χ1v) is 8.72. The van der Waals surface area contributed by atoms with Crippen LogP contribution in [0.2, 0.25) is 0 Å². The van der Waals surface area contributed by atoms with Gasteiger partial charge in [-0.1, -0.05) is 18.2 Å². The minimum Gasteiger partial charge on any atom is -0.485 e. The summed E-state index contributed by atoms with van der Waals surface area (Å²) in [6.45, 7) is 0.770. The number of rotatable bonds is 6. The van der Waals surface area contributed by atoms with Crippen LogP contribution >= 0.6 is 0 Å². The Balaban J connectivity index is 1.52. The van der Waals surface area contributed by atoms with Gasteiger partial charge in [0.25, 0.3) is 5.91 Å². The summed E-state index contributed by atoms with van der Waals surface area (Å²) in [4.78, 5) is 20.6. The zero-order valence-corrected chi connectivity index (χ0v) is 14.4. The van der Waals surface area contributed by atoms with Gasteiger partial charge in [-0.2, -0.15) is 0 Å². The SMILES string of the molecule is NC(=O)C1(CCCCn2cnc3c(N)nc4ccccc4c32)CC=CO1. The van der Waals surface area contributed by atoms with Crippen molar-refractivity contribution in [1.29, 1.82) is 0 Å². The highest BCUT2D eigenvalue weighted by atomic mass is 16.5. The number of imidazole rings is 1. The Kier molecular flexibility index (Phi) is 3.99. The third kappa shape index (κ3) is 2.65. The Hall–Kier alpha value is -3.09. The van der Waals surface area contributed by atoms with E-state index in [0.29, 0.717) is 18.7 Å². The minimum atomic E-state index is -0.877. The van der Waals surface area contributed by atoms with Crippen LogP contribution in [0.4, 0.5) is 5.82 Å². The largest absolute Gasteiger partial charge is 0.485 e. The first kappa shape index (κ1) is 16.4. The van der Waals surface area contributed by atoms with Crippen LogP contribution < -0.4 is 11.5 Å². The number of unbranched alkanes of at least 4 members (excludes halogenated alkanes) is 1. The Labute approximate surface area is 150 Å². The van der Waals surface area contributed by atoms with Gasteiger partial charge in [0, 0.05) is 18.4 Å². The van der Waals surface area contributed by atoms with Gasteiger partial charge in [-0.05, 0) is 31.4 Å². The van der Waals surface area contributed by atoms with Crippen molar-refractivity contribution in [3.63, 3.8) is 0 Å². The van der Waals surface area contributed by atoms with Gasteiger partial charge in [-0.3, -0.25) is 4.79 Å². The number of aromatic nitrogens is 3. The molecule has 1 atom stereocenters. The molecule has 0 aliphatic carbocycles. The number of hydrogen-bond acceptors (Lipinski definition) is 5. The van der Waals surface area contributed by atoms with E-state index >= 15 is 0 Å². The highest BCUT2D eigenvalue weighted by Crippen LogP contribution is 2.30. The van der Waals surface area contributed by atoms with Crippen LogP contribution in [0.25, 0.3) is 21.9 Å². The third-order valence-corrected chi connectivity index (χ3v) is 5.00. The number of amides is 1. The Morgan fingerprint density at radius 1 is 1.31 bits per heavy atom. The average molecular weight is 351 g/mol. The molecular weight excluding hydrogens is 330 g/mol. The summed E-state index contributed by atoms with van der Waals surface area (Å²) in [5, 5.41) is 1.03. The van der Waals surface area contributed by atoms with Crippen LogP contribution in [0.1, 0.15) is 25.7 Å². The quantitative estimate of drug-likeness (QED) is 0.663. The maximum absolute atomic E-state index is 11.7. The molecule has 0 saturated carbocycles. The molecule has 1 aliphatic rings. The van der Waals surface area contributed by atoms with E-state index in [1.54, 1.807) is 12.6 Å². The fourth-order valence-corrected chi connectivity index (χ4v) is 3.58. The predicted octanol–water partition coefficient (Wildman–Crippen LogP) is 2.50. The Bertz CT molecular complexity index is 1000. The lowest BCUT2D eigenvalue weighted by molar-refractivity contribution is -0.135. The second kappa shape index (κ2) is 6.33. The van der Waals surface area contributed by atoms with E-state index in [1.165, 1.54) is 0 Å². The van der Waals surface area contributed by atoms with Gasteiger partial charge in [-0.25, -0.2) is 9.97 Å². The van der Waals surface area contributed by atoms with Crippen molar-refractivity contribution in [3.05, 3.63) is 42.9 Å². The molecule has 7 heteroatoms. The molecule has 1 amide bonds. The van der Waals surface area contributed by atoms with Crippen LogP contribution in [0.5, 0.6) is 0 Å². The lowest BCUT2D eigenvalue weighted by Crippen LogP contribution is -2.43. The second-order valence-electron chi connectivity index (χ2n) is 6.66.